The summed E-state index contributed by atoms with van der Waals surface area (Å²) in [7, 11) is 0. The molecule has 2 amide bonds. The van der Waals surface area contributed by atoms with Gasteiger partial charge in [-0.15, -0.1) is 0 Å². The minimum atomic E-state index is -0.542. The number of anilines is 1. The van der Waals surface area contributed by atoms with E-state index in [0.29, 0.717) is 12.3 Å². The van der Waals surface area contributed by atoms with E-state index >= 15 is 0 Å². The zero-order valence-electron chi connectivity index (χ0n) is 15.9. The molecule has 0 bridgehead atoms. The molecule has 142 valence electrons. The van der Waals surface area contributed by atoms with Crippen LogP contribution in [0.5, 0.6) is 5.75 Å². The van der Waals surface area contributed by atoms with Crippen LogP contribution in [0.15, 0.2) is 54.6 Å². The number of ether oxygens (including phenoxy) is 1. The van der Waals surface area contributed by atoms with Gasteiger partial charge in [0.25, 0.3) is 5.91 Å². The summed E-state index contributed by atoms with van der Waals surface area (Å²) < 4.78 is 5.64. The Labute approximate surface area is 160 Å². The summed E-state index contributed by atoms with van der Waals surface area (Å²) in [6, 6.07) is 17.4. The molecule has 27 heavy (non-hydrogen) atoms. The summed E-state index contributed by atoms with van der Waals surface area (Å²) in [5, 5.41) is 3.12. The lowest BCUT2D eigenvalue weighted by molar-refractivity contribution is -0.125. The molecular weight excluding hydrogens is 340 g/mol. The van der Waals surface area contributed by atoms with Crippen molar-refractivity contribution in [2.24, 2.45) is 0 Å². The van der Waals surface area contributed by atoms with Crippen molar-refractivity contribution < 1.29 is 14.3 Å². The number of nitrogens with zero attached hydrogens (tertiary/aromatic N) is 1. The Hall–Kier alpha value is -2.82. The predicted octanol–water partition coefficient (Wildman–Crippen LogP) is 3.85. The lowest BCUT2D eigenvalue weighted by Crippen LogP contribution is -2.46. The van der Waals surface area contributed by atoms with E-state index in [9.17, 15) is 9.59 Å². The minimum Gasteiger partial charge on any atom is -0.479 e. The van der Waals surface area contributed by atoms with Crippen LogP contribution in [0.25, 0.3) is 0 Å². The largest absolute Gasteiger partial charge is 0.479 e. The number of hydrogen-bond donors (Lipinski definition) is 1. The van der Waals surface area contributed by atoms with Crippen LogP contribution in [0, 0.1) is 0 Å². The molecule has 1 aliphatic heterocycles. The minimum absolute atomic E-state index is 0.00435. The molecule has 3 rings (SSSR count). The Morgan fingerprint density at radius 3 is 2.59 bits per heavy atom. The molecule has 0 radical (unpaired) electrons. The van der Waals surface area contributed by atoms with Crippen molar-refractivity contribution in [1.82, 2.24) is 5.32 Å². The molecule has 2 aromatic carbocycles. The maximum absolute atomic E-state index is 12.6. The predicted molar refractivity (Wildman–Crippen MR) is 106 cm³/mol. The van der Waals surface area contributed by atoms with Crippen LogP contribution in [0.4, 0.5) is 5.69 Å². The molecule has 0 aliphatic carbocycles. The molecule has 5 heteroatoms. The van der Waals surface area contributed by atoms with Crippen LogP contribution < -0.4 is 15.0 Å². The van der Waals surface area contributed by atoms with Gasteiger partial charge in [-0.1, -0.05) is 55.8 Å². The van der Waals surface area contributed by atoms with Crippen molar-refractivity contribution in [2.75, 3.05) is 11.4 Å². The highest BCUT2D eigenvalue weighted by atomic mass is 16.5. The number of benzene rings is 2. The fraction of sp³-hybridized carbons (Fsp3) is 0.364. The first-order chi connectivity index (χ1) is 13.1. The fourth-order valence-electron chi connectivity index (χ4n) is 3.37. The van der Waals surface area contributed by atoms with E-state index in [1.807, 2.05) is 54.6 Å². The number of para-hydroxylation sites is 2. The first-order valence-corrected chi connectivity index (χ1v) is 9.51. The first kappa shape index (κ1) is 19.0. The van der Waals surface area contributed by atoms with Gasteiger partial charge in [0.15, 0.2) is 6.10 Å². The van der Waals surface area contributed by atoms with E-state index in [0.717, 1.165) is 24.1 Å². The van der Waals surface area contributed by atoms with Gasteiger partial charge in [0.1, 0.15) is 5.75 Å². The van der Waals surface area contributed by atoms with Crippen LogP contribution in [-0.4, -0.2) is 24.5 Å². The van der Waals surface area contributed by atoms with Crippen molar-refractivity contribution in [1.29, 1.82) is 0 Å². The zero-order chi connectivity index (χ0) is 19.2. The van der Waals surface area contributed by atoms with Gasteiger partial charge in [0.05, 0.1) is 11.7 Å². The van der Waals surface area contributed by atoms with Gasteiger partial charge in [-0.3, -0.25) is 9.59 Å². The molecule has 2 atom stereocenters. The van der Waals surface area contributed by atoms with Gasteiger partial charge < -0.3 is 15.0 Å². The number of carbonyl (C=O) groups is 2. The van der Waals surface area contributed by atoms with Crippen molar-refractivity contribution in [3.63, 3.8) is 0 Å². The van der Waals surface area contributed by atoms with Crippen LogP contribution in [0.1, 0.15) is 44.7 Å². The van der Waals surface area contributed by atoms with Crippen LogP contribution in [-0.2, 0) is 9.59 Å². The normalized spacial score (nSPS) is 17.0. The molecule has 5 nitrogen and oxygen atoms in total. The second kappa shape index (κ2) is 8.71. The van der Waals surface area contributed by atoms with Gasteiger partial charge in [0.2, 0.25) is 5.91 Å². The van der Waals surface area contributed by atoms with E-state index < -0.39 is 6.10 Å². The summed E-state index contributed by atoms with van der Waals surface area (Å²) in [5.41, 5.74) is 1.83. The Kier molecular flexibility index (Phi) is 6.12. The molecule has 0 saturated heterocycles. The zero-order valence-corrected chi connectivity index (χ0v) is 15.9. The molecule has 2 unspecified atom stereocenters. The van der Waals surface area contributed by atoms with Crippen LogP contribution >= 0.6 is 0 Å². The second-order valence-corrected chi connectivity index (χ2v) is 6.79. The smallest absolute Gasteiger partial charge is 0.267 e. The Bertz CT molecular complexity index is 791. The Morgan fingerprint density at radius 1 is 1.15 bits per heavy atom. The van der Waals surface area contributed by atoms with Crippen molar-refractivity contribution in [3.05, 3.63) is 60.2 Å². The van der Waals surface area contributed by atoms with E-state index in [2.05, 4.69) is 12.2 Å². The molecule has 0 fully saturated rings. The van der Waals surface area contributed by atoms with Gasteiger partial charge in [0, 0.05) is 13.0 Å². The van der Waals surface area contributed by atoms with Gasteiger partial charge in [-0.25, -0.2) is 0 Å². The van der Waals surface area contributed by atoms with E-state index in [-0.39, 0.29) is 24.3 Å². The number of fused-ring (bicyclic) bond motifs is 1. The third-order valence-electron chi connectivity index (χ3n) is 4.75. The highest BCUT2D eigenvalue weighted by Crippen LogP contribution is 2.33. The van der Waals surface area contributed by atoms with Crippen molar-refractivity contribution >= 4 is 17.5 Å². The summed E-state index contributed by atoms with van der Waals surface area (Å²) in [6.07, 6.45) is 1.57. The molecule has 1 aliphatic rings. The highest BCUT2D eigenvalue weighted by molar-refractivity contribution is 6.00. The van der Waals surface area contributed by atoms with E-state index in [1.165, 1.54) is 0 Å². The average molecular weight is 366 g/mol. The maximum atomic E-state index is 12.6. The Morgan fingerprint density at radius 2 is 1.85 bits per heavy atom. The fourth-order valence-corrected chi connectivity index (χ4v) is 3.37. The lowest BCUT2D eigenvalue weighted by Gasteiger charge is -2.33. The second-order valence-electron chi connectivity index (χ2n) is 6.79. The van der Waals surface area contributed by atoms with E-state index in [1.54, 1.807) is 11.8 Å². The molecule has 0 saturated carbocycles. The quantitative estimate of drug-likeness (QED) is 0.810. The SMILES string of the molecule is CCCC(NC(=O)CCN1C(=O)C(C)Oc2ccccc21)c1ccccc1. The van der Waals surface area contributed by atoms with Crippen LogP contribution in [0.3, 0.4) is 0 Å². The summed E-state index contributed by atoms with van der Waals surface area (Å²) in [6.45, 7) is 4.17. The number of rotatable bonds is 7. The highest BCUT2D eigenvalue weighted by Gasteiger charge is 2.31. The number of nitrogens with one attached hydrogen (secondary N) is 1. The summed E-state index contributed by atoms with van der Waals surface area (Å²) in [4.78, 5) is 26.7. The maximum Gasteiger partial charge on any atom is 0.267 e. The van der Waals surface area contributed by atoms with Gasteiger partial charge >= 0.3 is 0 Å². The summed E-state index contributed by atoms with van der Waals surface area (Å²) >= 11 is 0. The summed E-state index contributed by atoms with van der Waals surface area (Å²) in [5.74, 6) is 0.509. The molecule has 1 N–H and O–H groups in total. The molecule has 2 aromatic rings. The Balaban J connectivity index is 1.65. The number of carbonyl (C=O) groups excluding carboxylic acids is 2. The van der Waals surface area contributed by atoms with Crippen molar-refractivity contribution in [2.45, 2.75) is 45.3 Å². The first-order valence-electron chi connectivity index (χ1n) is 9.51. The molecule has 1 heterocycles. The standard InChI is InChI=1S/C22H26N2O3/c1-3-9-18(17-10-5-4-6-11-17)23-21(25)14-15-24-19-12-7-8-13-20(19)27-16(2)22(24)26/h4-8,10-13,16,18H,3,9,14-15H2,1-2H3,(H,23,25). The monoisotopic (exact) mass is 366 g/mol. The van der Waals surface area contributed by atoms with E-state index in [4.69, 9.17) is 4.74 Å². The topological polar surface area (TPSA) is 58.6 Å². The van der Waals surface area contributed by atoms with Gasteiger partial charge in [-0.2, -0.15) is 0 Å². The molecular formula is C22H26N2O3. The number of hydrogen-bond acceptors (Lipinski definition) is 3. The van der Waals surface area contributed by atoms with Crippen LogP contribution in [0.2, 0.25) is 0 Å². The van der Waals surface area contributed by atoms with Crippen molar-refractivity contribution in [3.8, 4) is 5.75 Å². The lowest BCUT2D eigenvalue weighted by atomic mass is 10.0. The average Bonchev–Trinajstić information content (AvgIpc) is 2.69. The van der Waals surface area contributed by atoms with Gasteiger partial charge in [-0.05, 0) is 31.0 Å². The molecule has 0 spiro atoms. The molecule has 0 aromatic heterocycles. The third kappa shape index (κ3) is 4.48. The number of amides is 2. The third-order valence-corrected chi connectivity index (χ3v) is 4.75.